The van der Waals surface area contributed by atoms with Crippen LogP contribution in [0.2, 0.25) is 0 Å². The number of primary amides is 1. The van der Waals surface area contributed by atoms with Crippen LogP contribution in [0.5, 0.6) is 5.75 Å². The second-order valence-electron chi connectivity index (χ2n) is 8.29. The Balaban J connectivity index is 1.69. The fourth-order valence-electron chi connectivity index (χ4n) is 5.08. The van der Waals surface area contributed by atoms with Crippen LogP contribution in [0.15, 0.2) is 42.5 Å². The first kappa shape index (κ1) is 21.2. The Morgan fingerprint density at radius 3 is 2.61 bits per heavy atom. The van der Waals surface area contributed by atoms with Gasteiger partial charge in [-0.3, -0.25) is 9.59 Å². The number of nitrogens with two attached hydrogens (primary N) is 1. The number of methoxy groups -OCH3 is 1. The molecular formula is C24H29N3O4. The second kappa shape index (κ2) is 8.98. The Morgan fingerprint density at radius 1 is 1.19 bits per heavy atom. The third kappa shape index (κ3) is 4.10. The van der Waals surface area contributed by atoms with E-state index in [0.717, 1.165) is 42.8 Å². The number of aliphatic hydroxyl groups is 1. The minimum absolute atomic E-state index is 0.0123. The predicted octanol–water partition coefficient (Wildman–Crippen LogP) is 3.44. The van der Waals surface area contributed by atoms with E-state index in [0.29, 0.717) is 17.7 Å². The molecule has 2 aromatic rings. The van der Waals surface area contributed by atoms with Gasteiger partial charge in [-0.2, -0.15) is 0 Å². The Morgan fingerprint density at radius 2 is 1.94 bits per heavy atom. The summed E-state index contributed by atoms with van der Waals surface area (Å²) in [6.45, 7) is 0.0123. The van der Waals surface area contributed by atoms with Gasteiger partial charge in [-0.25, -0.2) is 0 Å². The molecule has 2 fully saturated rings. The Kier molecular flexibility index (Phi) is 6.13. The molecule has 2 aliphatic rings. The standard InChI is InChI=1S/C24H29N3O4/c1-31-17-9-6-15(7-10-17)26-21-14-16(8-11-20(21)23(25)29)27-22-5-3-2-4-18(22)19(12-13-28)24(27)30/h6-11,14,18-19,22,26,28H,2-5,12-13H2,1H3,(H2,25,29). The van der Waals surface area contributed by atoms with Gasteiger partial charge in [0.05, 0.1) is 18.4 Å². The zero-order valence-corrected chi connectivity index (χ0v) is 17.7. The van der Waals surface area contributed by atoms with Gasteiger partial charge in [-0.05, 0) is 67.6 Å². The Hall–Kier alpha value is -3.06. The Bertz CT molecular complexity index is 960. The molecule has 4 N–H and O–H groups in total. The maximum atomic E-state index is 13.3. The lowest BCUT2D eigenvalue weighted by Crippen LogP contribution is -2.36. The van der Waals surface area contributed by atoms with Crippen LogP contribution in [-0.2, 0) is 4.79 Å². The highest BCUT2D eigenvalue weighted by molar-refractivity contribution is 6.03. The normalized spacial score (nSPS) is 22.8. The van der Waals surface area contributed by atoms with Gasteiger partial charge < -0.3 is 25.8 Å². The molecule has 7 nitrogen and oxygen atoms in total. The third-order valence-electron chi connectivity index (χ3n) is 6.54. The van der Waals surface area contributed by atoms with Gasteiger partial charge in [-0.1, -0.05) is 12.8 Å². The molecule has 0 radical (unpaired) electrons. The molecule has 3 unspecified atom stereocenters. The van der Waals surface area contributed by atoms with Gasteiger partial charge in [0.15, 0.2) is 0 Å². The SMILES string of the molecule is COc1ccc(Nc2cc(N3C(=O)C(CCO)C4CCCCC43)ccc2C(N)=O)cc1. The van der Waals surface area contributed by atoms with Crippen LogP contribution in [0.3, 0.4) is 0 Å². The molecule has 1 saturated heterocycles. The number of ether oxygens (including phenoxy) is 1. The van der Waals surface area contributed by atoms with Crippen LogP contribution in [0.4, 0.5) is 17.1 Å². The molecule has 31 heavy (non-hydrogen) atoms. The van der Waals surface area contributed by atoms with Crippen LogP contribution < -0.4 is 20.7 Å². The first-order valence-electron chi connectivity index (χ1n) is 10.8. The van der Waals surface area contributed by atoms with Gasteiger partial charge in [0.25, 0.3) is 5.91 Å². The number of carbonyl (C=O) groups excluding carboxylic acids is 2. The number of carbonyl (C=O) groups is 2. The maximum absolute atomic E-state index is 13.3. The van der Waals surface area contributed by atoms with Crippen LogP contribution in [-0.4, -0.2) is 36.7 Å². The highest BCUT2D eigenvalue weighted by Crippen LogP contribution is 2.45. The topological polar surface area (TPSA) is 105 Å². The zero-order valence-electron chi connectivity index (χ0n) is 17.7. The monoisotopic (exact) mass is 423 g/mol. The minimum atomic E-state index is -0.538. The molecule has 2 aromatic carbocycles. The van der Waals surface area contributed by atoms with Gasteiger partial charge in [-0.15, -0.1) is 0 Å². The number of rotatable bonds is 7. The molecular weight excluding hydrogens is 394 g/mol. The molecule has 2 amide bonds. The zero-order chi connectivity index (χ0) is 22.0. The van der Waals surface area contributed by atoms with Crippen molar-refractivity contribution < 1.29 is 19.4 Å². The molecule has 1 aliphatic heterocycles. The number of aliphatic hydroxyl groups excluding tert-OH is 1. The lowest BCUT2D eigenvalue weighted by molar-refractivity contribution is -0.121. The third-order valence-corrected chi connectivity index (χ3v) is 6.54. The summed E-state index contributed by atoms with van der Waals surface area (Å²) in [5.41, 5.74) is 8.05. The van der Waals surface area contributed by atoms with Crippen LogP contribution in [0.25, 0.3) is 0 Å². The van der Waals surface area contributed by atoms with Crippen molar-refractivity contribution in [3.05, 3.63) is 48.0 Å². The molecule has 0 bridgehead atoms. The van der Waals surface area contributed by atoms with Gasteiger partial charge in [0.2, 0.25) is 5.91 Å². The van der Waals surface area contributed by atoms with E-state index in [9.17, 15) is 14.7 Å². The predicted molar refractivity (Wildman–Crippen MR) is 120 cm³/mol. The van der Waals surface area contributed by atoms with Crippen molar-refractivity contribution in [1.29, 1.82) is 0 Å². The number of hydrogen-bond donors (Lipinski definition) is 3. The number of anilines is 3. The number of benzene rings is 2. The van der Waals surface area contributed by atoms with E-state index in [2.05, 4.69) is 5.32 Å². The molecule has 0 spiro atoms. The van der Waals surface area contributed by atoms with Gasteiger partial charge in [0, 0.05) is 29.9 Å². The molecule has 1 heterocycles. The smallest absolute Gasteiger partial charge is 0.250 e. The highest BCUT2D eigenvalue weighted by Gasteiger charge is 2.48. The van der Waals surface area contributed by atoms with E-state index in [1.54, 1.807) is 19.2 Å². The number of amides is 2. The largest absolute Gasteiger partial charge is 0.497 e. The molecule has 7 heteroatoms. The Labute approximate surface area is 182 Å². The van der Waals surface area contributed by atoms with Crippen molar-refractivity contribution in [3.8, 4) is 5.75 Å². The first-order chi connectivity index (χ1) is 15.0. The van der Waals surface area contributed by atoms with E-state index >= 15 is 0 Å². The molecule has 3 atom stereocenters. The number of fused-ring (bicyclic) bond motifs is 1. The summed E-state index contributed by atoms with van der Waals surface area (Å²) in [5, 5.41) is 12.8. The summed E-state index contributed by atoms with van der Waals surface area (Å²) in [4.78, 5) is 27.2. The van der Waals surface area contributed by atoms with E-state index in [-0.39, 0.29) is 30.4 Å². The number of hydrogen-bond acceptors (Lipinski definition) is 5. The fraction of sp³-hybridized carbons (Fsp3) is 0.417. The lowest BCUT2D eigenvalue weighted by atomic mass is 9.78. The maximum Gasteiger partial charge on any atom is 0.250 e. The molecule has 0 aromatic heterocycles. The summed E-state index contributed by atoms with van der Waals surface area (Å²) in [6.07, 6.45) is 4.67. The van der Waals surface area contributed by atoms with Crippen LogP contribution >= 0.6 is 0 Å². The molecule has 1 saturated carbocycles. The van der Waals surface area contributed by atoms with Crippen molar-refractivity contribution in [2.75, 3.05) is 23.9 Å². The van der Waals surface area contributed by atoms with Crippen molar-refractivity contribution in [3.63, 3.8) is 0 Å². The second-order valence-corrected chi connectivity index (χ2v) is 8.29. The summed E-state index contributed by atoms with van der Waals surface area (Å²) in [6, 6.07) is 12.8. The van der Waals surface area contributed by atoms with E-state index in [1.165, 1.54) is 0 Å². The number of nitrogens with zero attached hydrogens (tertiary/aromatic N) is 1. The van der Waals surface area contributed by atoms with Gasteiger partial charge >= 0.3 is 0 Å². The van der Waals surface area contributed by atoms with Crippen LogP contribution in [0.1, 0.15) is 42.5 Å². The summed E-state index contributed by atoms with van der Waals surface area (Å²) in [5.74, 6) is 0.374. The molecule has 164 valence electrons. The highest BCUT2D eigenvalue weighted by atomic mass is 16.5. The fourth-order valence-corrected chi connectivity index (χ4v) is 5.08. The van der Waals surface area contributed by atoms with E-state index in [4.69, 9.17) is 10.5 Å². The quantitative estimate of drug-likeness (QED) is 0.633. The van der Waals surface area contributed by atoms with Gasteiger partial charge in [0.1, 0.15) is 5.75 Å². The van der Waals surface area contributed by atoms with E-state index < -0.39 is 5.91 Å². The van der Waals surface area contributed by atoms with E-state index in [1.807, 2.05) is 35.2 Å². The minimum Gasteiger partial charge on any atom is -0.497 e. The lowest BCUT2D eigenvalue weighted by Gasteiger charge is -2.32. The van der Waals surface area contributed by atoms with Crippen molar-refractivity contribution in [1.82, 2.24) is 0 Å². The van der Waals surface area contributed by atoms with Crippen molar-refractivity contribution in [2.24, 2.45) is 17.6 Å². The van der Waals surface area contributed by atoms with Crippen molar-refractivity contribution >= 4 is 28.9 Å². The molecule has 4 rings (SSSR count). The van der Waals surface area contributed by atoms with Crippen molar-refractivity contribution in [2.45, 2.75) is 38.1 Å². The first-order valence-corrected chi connectivity index (χ1v) is 10.8. The van der Waals surface area contributed by atoms with Crippen LogP contribution in [0, 0.1) is 11.8 Å². The average molecular weight is 424 g/mol. The summed E-state index contributed by atoms with van der Waals surface area (Å²) < 4.78 is 5.20. The average Bonchev–Trinajstić information content (AvgIpc) is 3.06. The summed E-state index contributed by atoms with van der Waals surface area (Å²) >= 11 is 0. The molecule has 1 aliphatic carbocycles. The number of nitrogens with one attached hydrogen (secondary N) is 1. The summed E-state index contributed by atoms with van der Waals surface area (Å²) in [7, 11) is 1.60.